The van der Waals surface area contributed by atoms with Crippen LogP contribution in [0.25, 0.3) is 0 Å². The largest absolute Gasteiger partial charge is 0.496 e. The second kappa shape index (κ2) is 5.32. The summed E-state index contributed by atoms with van der Waals surface area (Å²) in [6.07, 6.45) is 1.19. The number of hydrogen-bond acceptors (Lipinski definition) is 3. The number of rotatable bonds is 4. The van der Waals surface area contributed by atoms with Crippen LogP contribution in [0.3, 0.4) is 0 Å². The van der Waals surface area contributed by atoms with Crippen LogP contribution in [0.2, 0.25) is 0 Å². The zero-order valence-corrected chi connectivity index (χ0v) is 9.95. The molecule has 3 heteroatoms. The van der Waals surface area contributed by atoms with Crippen LogP contribution in [0.15, 0.2) is 18.2 Å². The van der Waals surface area contributed by atoms with Gasteiger partial charge in [0.15, 0.2) is 0 Å². The molecule has 1 fully saturated rings. The number of hydrogen-bond donors (Lipinski definition) is 1. The summed E-state index contributed by atoms with van der Waals surface area (Å²) in [5.41, 5.74) is 2.52. The van der Waals surface area contributed by atoms with E-state index in [9.17, 15) is 0 Å². The minimum absolute atomic E-state index is 0.576. The zero-order chi connectivity index (χ0) is 11.4. The maximum atomic E-state index is 5.42. The summed E-state index contributed by atoms with van der Waals surface area (Å²) in [5.74, 6) is 1.57. The highest BCUT2D eigenvalue weighted by Gasteiger charge is 2.20. The summed E-state index contributed by atoms with van der Waals surface area (Å²) < 4.78 is 10.6. The highest BCUT2D eigenvalue weighted by Crippen LogP contribution is 2.31. The number of nitrogens with one attached hydrogen (secondary N) is 1. The SMILES string of the molecule is COCc1ccc(OC)c(C2CCNC2)c1. The summed E-state index contributed by atoms with van der Waals surface area (Å²) >= 11 is 0. The van der Waals surface area contributed by atoms with E-state index in [1.165, 1.54) is 17.5 Å². The van der Waals surface area contributed by atoms with Gasteiger partial charge >= 0.3 is 0 Å². The maximum absolute atomic E-state index is 5.42. The van der Waals surface area contributed by atoms with Crippen LogP contribution in [-0.2, 0) is 11.3 Å². The van der Waals surface area contributed by atoms with Gasteiger partial charge in [0.05, 0.1) is 13.7 Å². The third kappa shape index (κ3) is 2.36. The minimum Gasteiger partial charge on any atom is -0.496 e. The highest BCUT2D eigenvalue weighted by atomic mass is 16.5. The number of benzene rings is 1. The van der Waals surface area contributed by atoms with E-state index in [1.807, 2.05) is 6.07 Å². The van der Waals surface area contributed by atoms with Gasteiger partial charge in [-0.15, -0.1) is 0 Å². The summed E-state index contributed by atoms with van der Waals surface area (Å²) in [7, 11) is 3.46. The molecule has 1 N–H and O–H groups in total. The van der Waals surface area contributed by atoms with Crippen molar-refractivity contribution in [1.82, 2.24) is 5.32 Å². The van der Waals surface area contributed by atoms with Crippen molar-refractivity contribution in [3.8, 4) is 5.75 Å². The molecule has 1 aromatic rings. The quantitative estimate of drug-likeness (QED) is 0.842. The maximum Gasteiger partial charge on any atom is 0.122 e. The van der Waals surface area contributed by atoms with Crippen molar-refractivity contribution in [1.29, 1.82) is 0 Å². The normalized spacial score (nSPS) is 20.0. The molecular weight excluding hydrogens is 202 g/mol. The van der Waals surface area contributed by atoms with Crippen LogP contribution < -0.4 is 10.1 Å². The topological polar surface area (TPSA) is 30.5 Å². The van der Waals surface area contributed by atoms with Gasteiger partial charge in [-0.2, -0.15) is 0 Å². The molecule has 16 heavy (non-hydrogen) atoms. The molecule has 0 spiro atoms. The lowest BCUT2D eigenvalue weighted by Crippen LogP contribution is -2.09. The van der Waals surface area contributed by atoms with E-state index in [4.69, 9.17) is 9.47 Å². The lowest BCUT2D eigenvalue weighted by molar-refractivity contribution is 0.184. The van der Waals surface area contributed by atoms with Crippen LogP contribution >= 0.6 is 0 Å². The van der Waals surface area contributed by atoms with Crippen molar-refractivity contribution < 1.29 is 9.47 Å². The lowest BCUT2D eigenvalue weighted by atomic mass is 9.95. The number of ether oxygens (including phenoxy) is 2. The molecule has 1 aromatic carbocycles. The first-order valence-electron chi connectivity index (χ1n) is 5.71. The standard InChI is InChI=1S/C13H19NO2/c1-15-9-10-3-4-13(16-2)12(7-10)11-5-6-14-8-11/h3-4,7,11,14H,5-6,8-9H2,1-2H3. The molecule has 0 bridgehead atoms. The van der Waals surface area contributed by atoms with Crippen molar-refractivity contribution in [2.75, 3.05) is 27.3 Å². The second-order valence-corrected chi connectivity index (χ2v) is 4.20. The molecule has 88 valence electrons. The highest BCUT2D eigenvalue weighted by molar-refractivity contribution is 5.40. The Morgan fingerprint density at radius 3 is 2.88 bits per heavy atom. The van der Waals surface area contributed by atoms with E-state index in [0.717, 1.165) is 18.8 Å². The molecule has 2 rings (SSSR count). The van der Waals surface area contributed by atoms with E-state index < -0.39 is 0 Å². The Bertz CT molecular complexity index is 346. The third-order valence-corrected chi connectivity index (χ3v) is 3.11. The summed E-state index contributed by atoms with van der Waals surface area (Å²) in [6.45, 7) is 2.81. The Morgan fingerprint density at radius 2 is 2.25 bits per heavy atom. The molecule has 3 nitrogen and oxygen atoms in total. The lowest BCUT2D eigenvalue weighted by Gasteiger charge is -2.15. The monoisotopic (exact) mass is 221 g/mol. The summed E-state index contributed by atoms with van der Waals surface area (Å²) in [4.78, 5) is 0. The van der Waals surface area contributed by atoms with Gasteiger partial charge in [-0.1, -0.05) is 6.07 Å². The fraction of sp³-hybridized carbons (Fsp3) is 0.538. The molecule has 1 aliphatic rings. The van der Waals surface area contributed by atoms with Crippen LogP contribution in [-0.4, -0.2) is 27.3 Å². The second-order valence-electron chi connectivity index (χ2n) is 4.20. The van der Waals surface area contributed by atoms with Gasteiger partial charge in [0, 0.05) is 19.6 Å². The van der Waals surface area contributed by atoms with Crippen molar-refractivity contribution in [3.05, 3.63) is 29.3 Å². The molecule has 0 aliphatic carbocycles. The zero-order valence-electron chi connectivity index (χ0n) is 9.95. The predicted octanol–water partition coefficient (Wildman–Crippen LogP) is 1.92. The minimum atomic E-state index is 0.576. The Hall–Kier alpha value is -1.06. The van der Waals surface area contributed by atoms with E-state index in [-0.39, 0.29) is 0 Å². The van der Waals surface area contributed by atoms with Gasteiger partial charge in [-0.3, -0.25) is 0 Å². The number of methoxy groups -OCH3 is 2. The molecule has 0 radical (unpaired) electrons. The Kier molecular flexibility index (Phi) is 3.80. The van der Waals surface area contributed by atoms with Gasteiger partial charge in [0.1, 0.15) is 5.75 Å². The van der Waals surface area contributed by atoms with Crippen LogP contribution in [0.4, 0.5) is 0 Å². The first kappa shape index (κ1) is 11.4. The van der Waals surface area contributed by atoms with Crippen molar-refractivity contribution in [2.24, 2.45) is 0 Å². The summed E-state index contributed by atoms with van der Waals surface area (Å²) in [5, 5.41) is 3.39. The smallest absolute Gasteiger partial charge is 0.122 e. The van der Waals surface area contributed by atoms with Gasteiger partial charge in [-0.25, -0.2) is 0 Å². The summed E-state index contributed by atoms with van der Waals surface area (Å²) in [6, 6.07) is 6.32. The molecule has 0 saturated carbocycles. The molecular formula is C13H19NO2. The van der Waals surface area contributed by atoms with Crippen LogP contribution in [0, 0.1) is 0 Å². The first-order chi connectivity index (χ1) is 7.85. The van der Waals surface area contributed by atoms with Crippen LogP contribution in [0.1, 0.15) is 23.5 Å². The molecule has 1 atom stereocenters. The average Bonchev–Trinajstić information content (AvgIpc) is 2.83. The fourth-order valence-electron chi connectivity index (χ4n) is 2.28. The van der Waals surface area contributed by atoms with Crippen molar-refractivity contribution in [3.63, 3.8) is 0 Å². The van der Waals surface area contributed by atoms with Gasteiger partial charge in [0.25, 0.3) is 0 Å². The van der Waals surface area contributed by atoms with Gasteiger partial charge in [-0.05, 0) is 36.2 Å². The van der Waals surface area contributed by atoms with Gasteiger partial charge in [0.2, 0.25) is 0 Å². The van der Waals surface area contributed by atoms with E-state index >= 15 is 0 Å². The van der Waals surface area contributed by atoms with E-state index in [1.54, 1.807) is 14.2 Å². The molecule has 1 unspecified atom stereocenters. The van der Waals surface area contributed by atoms with E-state index in [2.05, 4.69) is 17.4 Å². The molecule has 0 aromatic heterocycles. The molecule has 0 amide bonds. The Labute approximate surface area is 96.8 Å². The first-order valence-corrected chi connectivity index (χ1v) is 5.71. The van der Waals surface area contributed by atoms with Crippen molar-refractivity contribution in [2.45, 2.75) is 18.9 Å². The van der Waals surface area contributed by atoms with Crippen molar-refractivity contribution >= 4 is 0 Å². The van der Waals surface area contributed by atoms with E-state index in [0.29, 0.717) is 12.5 Å². The fourth-order valence-corrected chi connectivity index (χ4v) is 2.28. The third-order valence-electron chi connectivity index (χ3n) is 3.11. The van der Waals surface area contributed by atoms with Crippen LogP contribution in [0.5, 0.6) is 5.75 Å². The average molecular weight is 221 g/mol. The Morgan fingerprint density at radius 1 is 1.38 bits per heavy atom. The predicted molar refractivity (Wildman–Crippen MR) is 63.9 cm³/mol. The molecule has 1 saturated heterocycles. The molecule has 1 aliphatic heterocycles. The van der Waals surface area contributed by atoms with Gasteiger partial charge < -0.3 is 14.8 Å². The molecule has 1 heterocycles. The Balaban J connectivity index is 2.27.